The van der Waals surface area contributed by atoms with Gasteiger partial charge >= 0.3 is 5.97 Å². The lowest BCUT2D eigenvalue weighted by atomic mass is 9.92. The Kier molecular flexibility index (Phi) is 6.63. The number of thioether (sulfide) groups is 1. The van der Waals surface area contributed by atoms with Crippen LogP contribution in [0.5, 0.6) is 0 Å². The van der Waals surface area contributed by atoms with Crippen molar-refractivity contribution in [3.05, 3.63) is 29.6 Å². The fourth-order valence-corrected chi connectivity index (χ4v) is 3.92. The van der Waals surface area contributed by atoms with E-state index in [4.69, 9.17) is 0 Å². The van der Waals surface area contributed by atoms with Gasteiger partial charge in [0.2, 0.25) is 5.91 Å². The van der Waals surface area contributed by atoms with Crippen molar-refractivity contribution in [2.45, 2.75) is 38.6 Å². The number of carbonyl (C=O) groups excluding carboxylic acids is 2. The molecule has 1 aromatic rings. The van der Waals surface area contributed by atoms with Crippen LogP contribution in [0.4, 0.5) is 10.1 Å². The summed E-state index contributed by atoms with van der Waals surface area (Å²) in [5.74, 6) is -1.34. The lowest BCUT2D eigenvalue weighted by molar-refractivity contribution is -0.144. The zero-order valence-corrected chi connectivity index (χ0v) is 15.6. The summed E-state index contributed by atoms with van der Waals surface area (Å²) < 4.78 is 14.2. The largest absolute Gasteiger partial charge is 0.480 e. The number of amides is 2. The van der Waals surface area contributed by atoms with E-state index in [0.717, 1.165) is 6.07 Å². The summed E-state index contributed by atoms with van der Waals surface area (Å²) in [6.45, 7) is 3.76. The molecule has 6 nitrogen and oxygen atoms in total. The topological polar surface area (TPSA) is 95.5 Å². The number of benzene rings is 1. The fourth-order valence-electron chi connectivity index (χ4n) is 2.73. The molecule has 2 rings (SSSR count). The second-order valence-corrected chi connectivity index (χ2v) is 8.02. The van der Waals surface area contributed by atoms with Gasteiger partial charge in [-0.3, -0.25) is 9.59 Å². The fraction of sp³-hybridized carbons (Fsp3) is 0.500. The molecule has 0 saturated carbocycles. The van der Waals surface area contributed by atoms with E-state index in [-0.39, 0.29) is 29.5 Å². The van der Waals surface area contributed by atoms with Crippen LogP contribution in [0.25, 0.3) is 0 Å². The summed E-state index contributed by atoms with van der Waals surface area (Å²) in [4.78, 5) is 35.8. The number of carbonyl (C=O) groups is 3. The van der Waals surface area contributed by atoms with Crippen molar-refractivity contribution in [1.82, 2.24) is 5.32 Å². The monoisotopic (exact) mass is 382 g/mol. The van der Waals surface area contributed by atoms with E-state index < -0.39 is 23.2 Å². The molecule has 142 valence electrons. The molecule has 1 saturated heterocycles. The minimum atomic E-state index is -1.32. The van der Waals surface area contributed by atoms with E-state index in [1.807, 2.05) is 13.8 Å². The number of nitrogens with one attached hydrogen (secondary N) is 2. The number of carboxylic acid groups (broad SMARTS) is 1. The van der Waals surface area contributed by atoms with Crippen molar-refractivity contribution in [3.8, 4) is 0 Å². The van der Waals surface area contributed by atoms with Crippen LogP contribution in [0, 0.1) is 11.7 Å². The van der Waals surface area contributed by atoms with Gasteiger partial charge in [-0.1, -0.05) is 13.8 Å². The smallest absolute Gasteiger partial charge is 0.329 e. The molecule has 0 radical (unpaired) electrons. The maximum atomic E-state index is 14.2. The summed E-state index contributed by atoms with van der Waals surface area (Å²) in [6.07, 6.45) is 0.913. The van der Waals surface area contributed by atoms with Gasteiger partial charge in [0.25, 0.3) is 5.91 Å². The van der Waals surface area contributed by atoms with Crippen LogP contribution in [0.1, 0.15) is 43.5 Å². The number of anilines is 1. The molecule has 0 aromatic heterocycles. The molecule has 1 aromatic carbocycles. The Hall–Kier alpha value is -2.09. The Bertz CT molecular complexity index is 702. The van der Waals surface area contributed by atoms with Gasteiger partial charge < -0.3 is 15.7 Å². The van der Waals surface area contributed by atoms with Crippen LogP contribution in [0.15, 0.2) is 18.2 Å². The lowest BCUT2D eigenvalue weighted by Crippen LogP contribution is -2.56. The minimum absolute atomic E-state index is 0.00536. The first-order valence-corrected chi connectivity index (χ1v) is 9.62. The standard InChI is InChI=1S/C18H23FN2O4S/c1-11(2)9-15(22)20-14-4-3-12(10-13(14)19)16(23)21-18(17(24)25)5-7-26-8-6-18/h3-4,10-11H,5-9H2,1-2H3,(H,20,22)(H,21,23)(H,24,25). The number of hydrogen-bond acceptors (Lipinski definition) is 4. The van der Waals surface area contributed by atoms with Crippen molar-refractivity contribution in [1.29, 1.82) is 0 Å². The van der Waals surface area contributed by atoms with Crippen LogP contribution in [-0.4, -0.2) is 39.9 Å². The third kappa shape index (κ3) is 4.97. The lowest BCUT2D eigenvalue weighted by Gasteiger charge is -2.33. The van der Waals surface area contributed by atoms with Gasteiger partial charge in [0.1, 0.15) is 11.4 Å². The van der Waals surface area contributed by atoms with Crippen LogP contribution in [0.3, 0.4) is 0 Å². The molecule has 0 spiro atoms. The molecule has 0 bridgehead atoms. The number of rotatable bonds is 6. The normalized spacial score (nSPS) is 16.2. The molecule has 2 amide bonds. The van der Waals surface area contributed by atoms with E-state index in [0.29, 0.717) is 24.3 Å². The molecule has 8 heteroatoms. The highest BCUT2D eigenvalue weighted by Gasteiger charge is 2.41. The summed E-state index contributed by atoms with van der Waals surface area (Å²) >= 11 is 1.64. The quantitative estimate of drug-likeness (QED) is 0.703. The highest BCUT2D eigenvalue weighted by molar-refractivity contribution is 7.99. The Morgan fingerprint density at radius 3 is 2.46 bits per heavy atom. The third-order valence-electron chi connectivity index (χ3n) is 4.21. The third-order valence-corrected chi connectivity index (χ3v) is 5.19. The zero-order valence-electron chi connectivity index (χ0n) is 14.8. The Labute approximate surface area is 155 Å². The van der Waals surface area contributed by atoms with Gasteiger partial charge in [0, 0.05) is 12.0 Å². The Balaban J connectivity index is 2.11. The van der Waals surface area contributed by atoms with Gasteiger partial charge in [-0.2, -0.15) is 11.8 Å². The van der Waals surface area contributed by atoms with Crippen molar-refractivity contribution in [2.24, 2.45) is 5.92 Å². The maximum absolute atomic E-state index is 14.2. The Morgan fingerprint density at radius 1 is 1.27 bits per heavy atom. The number of halogens is 1. The predicted octanol–water partition coefficient (Wildman–Crippen LogP) is 2.89. The Morgan fingerprint density at radius 2 is 1.92 bits per heavy atom. The molecular formula is C18H23FN2O4S. The maximum Gasteiger partial charge on any atom is 0.329 e. The molecule has 1 fully saturated rings. The molecule has 1 aliphatic rings. The first-order chi connectivity index (χ1) is 12.2. The van der Waals surface area contributed by atoms with Crippen LogP contribution in [0.2, 0.25) is 0 Å². The average Bonchev–Trinajstić information content (AvgIpc) is 2.56. The summed E-state index contributed by atoms with van der Waals surface area (Å²) in [5.41, 5.74) is -1.31. The summed E-state index contributed by atoms with van der Waals surface area (Å²) in [7, 11) is 0. The van der Waals surface area contributed by atoms with Gasteiger partial charge in [-0.15, -0.1) is 0 Å². The van der Waals surface area contributed by atoms with Gasteiger partial charge in [0.15, 0.2) is 0 Å². The molecule has 0 atom stereocenters. The van der Waals surface area contributed by atoms with E-state index in [2.05, 4.69) is 10.6 Å². The second-order valence-electron chi connectivity index (χ2n) is 6.79. The first-order valence-electron chi connectivity index (χ1n) is 8.46. The molecule has 1 heterocycles. The minimum Gasteiger partial charge on any atom is -0.480 e. The number of carboxylic acids is 1. The average molecular weight is 382 g/mol. The summed E-state index contributed by atoms with van der Waals surface area (Å²) in [5, 5.41) is 14.5. The van der Waals surface area contributed by atoms with Crippen molar-refractivity contribution < 1.29 is 23.9 Å². The first kappa shape index (κ1) is 20.2. The zero-order chi connectivity index (χ0) is 19.3. The van der Waals surface area contributed by atoms with Gasteiger partial charge in [0.05, 0.1) is 5.69 Å². The van der Waals surface area contributed by atoms with E-state index >= 15 is 0 Å². The highest BCUT2D eigenvalue weighted by Crippen LogP contribution is 2.28. The van der Waals surface area contributed by atoms with Crippen LogP contribution >= 0.6 is 11.8 Å². The van der Waals surface area contributed by atoms with Crippen LogP contribution < -0.4 is 10.6 Å². The second kappa shape index (κ2) is 8.53. The van der Waals surface area contributed by atoms with Crippen molar-refractivity contribution >= 4 is 35.2 Å². The van der Waals surface area contributed by atoms with Gasteiger partial charge in [-0.25, -0.2) is 9.18 Å². The highest BCUT2D eigenvalue weighted by atomic mass is 32.2. The number of hydrogen-bond donors (Lipinski definition) is 3. The summed E-state index contributed by atoms with van der Waals surface area (Å²) in [6, 6.07) is 3.69. The number of aliphatic carboxylic acids is 1. The van der Waals surface area contributed by atoms with Gasteiger partial charge in [-0.05, 0) is 48.5 Å². The molecule has 3 N–H and O–H groups in total. The van der Waals surface area contributed by atoms with Crippen LogP contribution in [-0.2, 0) is 9.59 Å². The van der Waals surface area contributed by atoms with Crippen molar-refractivity contribution in [3.63, 3.8) is 0 Å². The van der Waals surface area contributed by atoms with E-state index in [1.165, 1.54) is 12.1 Å². The van der Waals surface area contributed by atoms with E-state index in [9.17, 15) is 23.9 Å². The SMILES string of the molecule is CC(C)CC(=O)Nc1ccc(C(=O)NC2(C(=O)O)CCSCC2)cc1F. The molecular weight excluding hydrogens is 359 g/mol. The molecule has 0 unspecified atom stereocenters. The molecule has 26 heavy (non-hydrogen) atoms. The molecule has 0 aliphatic carbocycles. The predicted molar refractivity (Wildman–Crippen MR) is 98.9 cm³/mol. The van der Waals surface area contributed by atoms with Crippen molar-refractivity contribution in [2.75, 3.05) is 16.8 Å². The van der Waals surface area contributed by atoms with E-state index in [1.54, 1.807) is 11.8 Å². The molecule has 1 aliphatic heterocycles.